The van der Waals surface area contributed by atoms with Gasteiger partial charge in [0.15, 0.2) is 0 Å². The fraction of sp³-hybridized carbons (Fsp3) is 0.632. The molecule has 1 heterocycles. The van der Waals surface area contributed by atoms with Crippen molar-refractivity contribution < 1.29 is 9.90 Å². The van der Waals surface area contributed by atoms with E-state index in [1.54, 1.807) is 0 Å². The number of nitrogens with zero attached hydrogens (tertiary/aromatic N) is 1. The van der Waals surface area contributed by atoms with Crippen LogP contribution in [-0.4, -0.2) is 29.1 Å². The lowest BCUT2D eigenvalue weighted by molar-refractivity contribution is -0.145. The summed E-state index contributed by atoms with van der Waals surface area (Å²) in [6.07, 6.45) is 8.77. The quantitative estimate of drug-likeness (QED) is 0.915. The smallest absolute Gasteiger partial charge is 0.314 e. The molecule has 0 amide bonds. The van der Waals surface area contributed by atoms with Crippen LogP contribution >= 0.6 is 0 Å². The summed E-state index contributed by atoms with van der Waals surface area (Å²) in [6, 6.07) is 8.42. The van der Waals surface area contributed by atoms with Gasteiger partial charge in [-0.15, -0.1) is 0 Å². The lowest BCUT2D eigenvalue weighted by Crippen LogP contribution is -2.37. The van der Waals surface area contributed by atoms with E-state index in [0.717, 1.165) is 37.8 Å². The number of rotatable bonds is 4. The van der Waals surface area contributed by atoms with Crippen LogP contribution in [0.15, 0.2) is 24.3 Å². The molecule has 1 saturated carbocycles. The second-order valence-electron chi connectivity index (χ2n) is 6.98. The molecule has 2 fully saturated rings. The van der Waals surface area contributed by atoms with Crippen molar-refractivity contribution in [3.05, 3.63) is 35.4 Å². The van der Waals surface area contributed by atoms with E-state index < -0.39 is 11.4 Å². The highest BCUT2D eigenvalue weighted by Crippen LogP contribution is 2.39. The van der Waals surface area contributed by atoms with Gasteiger partial charge in [0, 0.05) is 6.54 Å². The number of carboxylic acids is 1. The minimum Gasteiger partial charge on any atom is -0.481 e. The van der Waals surface area contributed by atoms with Crippen molar-refractivity contribution in [2.24, 2.45) is 0 Å². The van der Waals surface area contributed by atoms with E-state index in [-0.39, 0.29) is 0 Å². The molecule has 1 aliphatic carbocycles. The van der Waals surface area contributed by atoms with Gasteiger partial charge in [-0.1, -0.05) is 49.9 Å². The summed E-state index contributed by atoms with van der Waals surface area (Å²) in [4.78, 5) is 14.4. The standard InChI is InChI=1S/C19H27NO2/c21-18(22)19(11-3-1-4-12-19)17-9-7-16(8-10-17)15-20-13-5-2-6-14-20/h7-10H,1-6,11-15H2,(H,21,22). The number of likely N-dealkylation sites (tertiary alicyclic amines) is 1. The Morgan fingerprint density at radius 1 is 0.955 bits per heavy atom. The molecular weight excluding hydrogens is 274 g/mol. The first-order valence-electron chi connectivity index (χ1n) is 8.76. The number of hydrogen-bond acceptors (Lipinski definition) is 2. The Labute approximate surface area is 133 Å². The van der Waals surface area contributed by atoms with Gasteiger partial charge in [0.2, 0.25) is 0 Å². The summed E-state index contributed by atoms with van der Waals surface area (Å²) in [7, 11) is 0. The lowest BCUT2D eigenvalue weighted by Gasteiger charge is -2.34. The van der Waals surface area contributed by atoms with Gasteiger partial charge in [0.1, 0.15) is 0 Å². The molecule has 1 aromatic carbocycles. The summed E-state index contributed by atoms with van der Waals surface area (Å²) < 4.78 is 0. The number of benzene rings is 1. The highest BCUT2D eigenvalue weighted by molar-refractivity contribution is 5.81. The molecule has 0 atom stereocenters. The predicted octanol–water partition coefficient (Wildman–Crippen LogP) is 3.96. The maximum absolute atomic E-state index is 11.9. The molecule has 3 heteroatoms. The Morgan fingerprint density at radius 2 is 1.55 bits per heavy atom. The minimum absolute atomic E-state index is 0.637. The van der Waals surface area contributed by atoms with Crippen LogP contribution in [0.2, 0.25) is 0 Å². The minimum atomic E-state index is -0.643. The van der Waals surface area contributed by atoms with Crippen LogP contribution in [0.3, 0.4) is 0 Å². The average Bonchev–Trinajstić information content (AvgIpc) is 2.57. The number of carboxylic acid groups (broad SMARTS) is 1. The van der Waals surface area contributed by atoms with E-state index in [4.69, 9.17) is 0 Å². The molecule has 0 radical (unpaired) electrons. The summed E-state index contributed by atoms with van der Waals surface area (Å²) in [5, 5.41) is 9.76. The van der Waals surface area contributed by atoms with Crippen molar-refractivity contribution in [3.63, 3.8) is 0 Å². The molecule has 0 unspecified atom stereocenters. The first-order valence-corrected chi connectivity index (χ1v) is 8.76. The Balaban J connectivity index is 1.73. The van der Waals surface area contributed by atoms with Crippen molar-refractivity contribution in [1.29, 1.82) is 0 Å². The van der Waals surface area contributed by atoms with Crippen LogP contribution < -0.4 is 0 Å². The van der Waals surface area contributed by atoms with E-state index in [1.165, 1.54) is 44.3 Å². The van der Waals surface area contributed by atoms with Crippen LogP contribution in [0.25, 0.3) is 0 Å². The maximum Gasteiger partial charge on any atom is 0.314 e. The van der Waals surface area contributed by atoms with E-state index in [9.17, 15) is 9.90 Å². The fourth-order valence-electron chi connectivity index (χ4n) is 4.09. The summed E-state index contributed by atoms with van der Waals surface area (Å²) >= 11 is 0. The van der Waals surface area contributed by atoms with Gasteiger partial charge < -0.3 is 5.11 Å². The molecular formula is C19H27NO2. The van der Waals surface area contributed by atoms with Gasteiger partial charge in [-0.05, 0) is 49.9 Å². The normalized spacial score (nSPS) is 22.4. The lowest BCUT2D eigenvalue weighted by atomic mass is 9.69. The van der Waals surface area contributed by atoms with E-state index in [2.05, 4.69) is 29.2 Å². The topological polar surface area (TPSA) is 40.5 Å². The van der Waals surface area contributed by atoms with Crippen molar-refractivity contribution >= 4 is 5.97 Å². The van der Waals surface area contributed by atoms with Gasteiger partial charge in [-0.2, -0.15) is 0 Å². The Kier molecular flexibility index (Phi) is 4.82. The molecule has 3 rings (SSSR count). The first-order chi connectivity index (χ1) is 10.7. The second-order valence-corrected chi connectivity index (χ2v) is 6.98. The third-order valence-electron chi connectivity index (χ3n) is 5.48. The molecule has 0 bridgehead atoms. The zero-order chi connectivity index (χ0) is 15.4. The van der Waals surface area contributed by atoms with Gasteiger partial charge >= 0.3 is 5.97 Å². The molecule has 22 heavy (non-hydrogen) atoms. The third kappa shape index (κ3) is 3.19. The molecule has 0 aromatic heterocycles. The molecule has 1 aromatic rings. The monoisotopic (exact) mass is 301 g/mol. The molecule has 120 valence electrons. The highest BCUT2D eigenvalue weighted by Gasteiger charge is 2.41. The van der Waals surface area contributed by atoms with Gasteiger partial charge in [0.05, 0.1) is 5.41 Å². The van der Waals surface area contributed by atoms with Gasteiger partial charge in [-0.25, -0.2) is 0 Å². The SMILES string of the molecule is O=C(O)C1(c2ccc(CN3CCCCC3)cc2)CCCCC1. The summed E-state index contributed by atoms with van der Waals surface area (Å²) in [5.41, 5.74) is 1.67. The number of aliphatic carboxylic acids is 1. The van der Waals surface area contributed by atoms with Crippen LogP contribution in [-0.2, 0) is 16.8 Å². The molecule has 1 saturated heterocycles. The summed E-state index contributed by atoms with van der Waals surface area (Å²) in [6.45, 7) is 3.39. The third-order valence-corrected chi connectivity index (χ3v) is 5.48. The van der Waals surface area contributed by atoms with Crippen LogP contribution in [0.5, 0.6) is 0 Å². The average molecular weight is 301 g/mol. The number of piperidine rings is 1. The molecule has 0 spiro atoms. The fourth-order valence-corrected chi connectivity index (χ4v) is 4.09. The highest BCUT2D eigenvalue weighted by atomic mass is 16.4. The Bertz CT molecular complexity index is 497. The van der Waals surface area contributed by atoms with Crippen molar-refractivity contribution in [2.45, 2.75) is 63.3 Å². The van der Waals surface area contributed by atoms with E-state index in [0.29, 0.717) is 0 Å². The predicted molar refractivity (Wildman–Crippen MR) is 88.0 cm³/mol. The van der Waals surface area contributed by atoms with Gasteiger partial charge in [-0.3, -0.25) is 9.69 Å². The van der Waals surface area contributed by atoms with Crippen LogP contribution in [0.4, 0.5) is 0 Å². The zero-order valence-corrected chi connectivity index (χ0v) is 13.4. The van der Waals surface area contributed by atoms with Crippen LogP contribution in [0, 0.1) is 0 Å². The van der Waals surface area contributed by atoms with Crippen molar-refractivity contribution in [2.75, 3.05) is 13.1 Å². The second kappa shape index (κ2) is 6.82. The Hall–Kier alpha value is -1.35. The molecule has 1 N–H and O–H groups in total. The molecule has 1 aliphatic heterocycles. The Morgan fingerprint density at radius 3 is 2.14 bits per heavy atom. The van der Waals surface area contributed by atoms with Crippen molar-refractivity contribution in [1.82, 2.24) is 4.90 Å². The number of hydrogen-bond donors (Lipinski definition) is 1. The maximum atomic E-state index is 11.9. The summed E-state index contributed by atoms with van der Waals surface area (Å²) in [5.74, 6) is -0.643. The van der Waals surface area contributed by atoms with Gasteiger partial charge in [0.25, 0.3) is 0 Å². The first kappa shape index (κ1) is 15.5. The largest absolute Gasteiger partial charge is 0.481 e. The van der Waals surface area contributed by atoms with Crippen molar-refractivity contribution in [3.8, 4) is 0 Å². The van der Waals surface area contributed by atoms with Crippen LogP contribution in [0.1, 0.15) is 62.5 Å². The zero-order valence-electron chi connectivity index (χ0n) is 13.4. The molecule has 2 aliphatic rings. The van der Waals surface area contributed by atoms with E-state index >= 15 is 0 Å². The molecule has 3 nitrogen and oxygen atoms in total. The van der Waals surface area contributed by atoms with E-state index in [1.807, 2.05) is 0 Å². The number of carbonyl (C=O) groups is 1.